The van der Waals surface area contributed by atoms with Crippen molar-refractivity contribution in [1.82, 2.24) is 0 Å². The van der Waals surface area contributed by atoms with Gasteiger partial charge in [0.2, 0.25) is 0 Å². The summed E-state index contributed by atoms with van der Waals surface area (Å²) in [5.74, 6) is 0.471. The third kappa shape index (κ3) is 2.92. The van der Waals surface area contributed by atoms with Crippen LogP contribution in [0.1, 0.15) is 30.6 Å². The lowest BCUT2D eigenvalue weighted by atomic mass is 9.72. The first-order chi connectivity index (χ1) is 8.20. The topological polar surface area (TPSA) is 40.5 Å². The van der Waals surface area contributed by atoms with Gasteiger partial charge in [-0.15, -0.1) is 11.3 Å². The number of aliphatic hydroxyl groups excluding tert-OH is 2. The van der Waals surface area contributed by atoms with Crippen molar-refractivity contribution in [3.63, 3.8) is 0 Å². The van der Waals surface area contributed by atoms with Gasteiger partial charge in [0.05, 0.1) is 17.0 Å². The van der Waals surface area contributed by atoms with E-state index in [9.17, 15) is 10.2 Å². The normalized spacial score (nSPS) is 17.8. The van der Waals surface area contributed by atoms with Crippen LogP contribution >= 0.6 is 27.3 Å². The lowest BCUT2D eigenvalue weighted by Gasteiger charge is -2.35. The van der Waals surface area contributed by atoms with Crippen LogP contribution in [-0.4, -0.2) is 23.4 Å². The second-order valence-corrected chi connectivity index (χ2v) is 7.59. The SMILES string of the molecule is OCC(CO)(Cc1ccc(Br)s1)C1CCCC1. The van der Waals surface area contributed by atoms with E-state index in [0.717, 1.165) is 23.0 Å². The molecule has 0 spiro atoms. The molecule has 4 heteroatoms. The predicted molar refractivity (Wildman–Crippen MR) is 74.3 cm³/mol. The Labute approximate surface area is 115 Å². The van der Waals surface area contributed by atoms with Crippen molar-refractivity contribution < 1.29 is 10.2 Å². The maximum Gasteiger partial charge on any atom is 0.0701 e. The Morgan fingerprint density at radius 3 is 2.35 bits per heavy atom. The molecule has 2 N–H and O–H groups in total. The molecule has 1 aromatic heterocycles. The number of hydrogen-bond acceptors (Lipinski definition) is 3. The molecule has 17 heavy (non-hydrogen) atoms. The average Bonchev–Trinajstić information content (AvgIpc) is 2.98. The van der Waals surface area contributed by atoms with E-state index >= 15 is 0 Å². The van der Waals surface area contributed by atoms with E-state index in [4.69, 9.17) is 0 Å². The number of hydrogen-bond donors (Lipinski definition) is 2. The van der Waals surface area contributed by atoms with E-state index in [1.807, 2.05) is 6.07 Å². The highest BCUT2D eigenvalue weighted by molar-refractivity contribution is 9.11. The second-order valence-electron chi connectivity index (χ2n) is 5.04. The summed E-state index contributed by atoms with van der Waals surface area (Å²) in [5.41, 5.74) is -0.319. The first-order valence-electron chi connectivity index (χ1n) is 6.16. The third-order valence-electron chi connectivity index (χ3n) is 4.01. The zero-order valence-electron chi connectivity index (χ0n) is 9.86. The Balaban J connectivity index is 2.15. The molecule has 2 rings (SSSR count). The summed E-state index contributed by atoms with van der Waals surface area (Å²) in [5, 5.41) is 19.5. The van der Waals surface area contributed by atoms with Crippen LogP contribution in [0.15, 0.2) is 15.9 Å². The Morgan fingerprint density at radius 2 is 1.88 bits per heavy atom. The zero-order valence-corrected chi connectivity index (χ0v) is 12.3. The van der Waals surface area contributed by atoms with Crippen molar-refractivity contribution in [2.45, 2.75) is 32.1 Å². The summed E-state index contributed by atoms with van der Waals surface area (Å²) >= 11 is 5.16. The summed E-state index contributed by atoms with van der Waals surface area (Å²) in [7, 11) is 0. The van der Waals surface area contributed by atoms with Gasteiger partial charge in [-0.1, -0.05) is 12.8 Å². The molecule has 1 fully saturated rings. The minimum absolute atomic E-state index is 0.0870. The quantitative estimate of drug-likeness (QED) is 0.875. The van der Waals surface area contributed by atoms with Gasteiger partial charge in [0.25, 0.3) is 0 Å². The van der Waals surface area contributed by atoms with Crippen molar-refractivity contribution in [2.24, 2.45) is 11.3 Å². The molecule has 1 saturated carbocycles. The van der Waals surface area contributed by atoms with E-state index in [2.05, 4.69) is 22.0 Å². The standard InChI is InChI=1S/C13H19BrO2S/c14-12-6-5-11(17-12)7-13(8-15,9-16)10-3-1-2-4-10/h5-6,10,15-16H,1-4,7-9H2. The first-order valence-corrected chi connectivity index (χ1v) is 7.77. The van der Waals surface area contributed by atoms with Crippen LogP contribution in [0, 0.1) is 11.3 Å². The molecule has 0 aromatic carbocycles. The number of rotatable bonds is 5. The molecule has 1 aliphatic rings. The smallest absolute Gasteiger partial charge is 0.0701 e. The lowest BCUT2D eigenvalue weighted by molar-refractivity contribution is 0.00633. The van der Waals surface area contributed by atoms with Gasteiger partial charge in [0.1, 0.15) is 0 Å². The van der Waals surface area contributed by atoms with Crippen LogP contribution in [0.3, 0.4) is 0 Å². The molecule has 0 bridgehead atoms. The van der Waals surface area contributed by atoms with Crippen LogP contribution in [0.2, 0.25) is 0 Å². The summed E-state index contributed by atoms with van der Waals surface area (Å²) in [4.78, 5) is 1.24. The monoisotopic (exact) mass is 318 g/mol. The largest absolute Gasteiger partial charge is 0.396 e. The molecule has 96 valence electrons. The van der Waals surface area contributed by atoms with Gasteiger partial charge in [0.15, 0.2) is 0 Å². The zero-order chi connectivity index (χ0) is 12.3. The average molecular weight is 319 g/mol. The van der Waals surface area contributed by atoms with Crippen molar-refractivity contribution >= 4 is 27.3 Å². The molecule has 0 atom stereocenters. The van der Waals surface area contributed by atoms with Crippen molar-refractivity contribution in [1.29, 1.82) is 0 Å². The summed E-state index contributed by atoms with van der Waals surface area (Å²) < 4.78 is 1.11. The molecule has 1 aromatic rings. The molecule has 1 aliphatic carbocycles. The van der Waals surface area contributed by atoms with Crippen LogP contribution < -0.4 is 0 Å². The highest BCUT2D eigenvalue weighted by Crippen LogP contribution is 2.43. The Morgan fingerprint density at radius 1 is 1.24 bits per heavy atom. The molecular formula is C13H19BrO2S. The van der Waals surface area contributed by atoms with Crippen LogP contribution in [0.25, 0.3) is 0 Å². The van der Waals surface area contributed by atoms with E-state index in [1.165, 1.54) is 17.7 Å². The fourth-order valence-electron chi connectivity index (χ4n) is 2.90. The van der Waals surface area contributed by atoms with Gasteiger partial charge in [0, 0.05) is 10.3 Å². The van der Waals surface area contributed by atoms with Gasteiger partial charge in [-0.3, -0.25) is 0 Å². The molecule has 0 saturated heterocycles. The van der Waals surface area contributed by atoms with Crippen molar-refractivity contribution in [3.05, 3.63) is 20.8 Å². The van der Waals surface area contributed by atoms with Gasteiger partial charge in [-0.2, -0.15) is 0 Å². The van der Waals surface area contributed by atoms with Gasteiger partial charge in [-0.25, -0.2) is 0 Å². The maximum absolute atomic E-state index is 9.74. The minimum atomic E-state index is -0.319. The highest BCUT2D eigenvalue weighted by atomic mass is 79.9. The van der Waals surface area contributed by atoms with E-state index < -0.39 is 0 Å². The lowest BCUT2D eigenvalue weighted by Crippen LogP contribution is -2.38. The minimum Gasteiger partial charge on any atom is -0.396 e. The molecule has 0 unspecified atom stereocenters. The summed E-state index contributed by atoms with van der Waals surface area (Å²) in [6.07, 6.45) is 5.56. The molecule has 2 nitrogen and oxygen atoms in total. The van der Waals surface area contributed by atoms with E-state index in [-0.39, 0.29) is 18.6 Å². The maximum atomic E-state index is 9.74. The molecular weight excluding hydrogens is 300 g/mol. The fourth-order valence-corrected chi connectivity index (χ4v) is 4.53. The van der Waals surface area contributed by atoms with E-state index in [1.54, 1.807) is 11.3 Å². The van der Waals surface area contributed by atoms with E-state index in [0.29, 0.717) is 5.92 Å². The molecule has 1 heterocycles. The van der Waals surface area contributed by atoms with Gasteiger partial charge in [-0.05, 0) is 53.2 Å². The number of thiophene rings is 1. The van der Waals surface area contributed by atoms with Crippen molar-refractivity contribution in [2.75, 3.05) is 13.2 Å². The molecule has 0 amide bonds. The summed E-state index contributed by atoms with van der Waals surface area (Å²) in [6, 6.07) is 4.12. The predicted octanol–water partition coefficient (Wildman–Crippen LogP) is 3.21. The van der Waals surface area contributed by atoms with Crippen LogP contribution in [0.5, 0.6) is 0 Å². The fraction of sp³-hybridized carbons (Fsp3) is 0.692. The van der Waals surface area contributed by atoms with Gasteiger partial charge >= 0.3 is 0 Å². The van der Waals surface area contributed by atoms with Gasteiger partial charge < -0.3 is 10.2 Å². The number of halogens is 1. The Bertz CT molecular complexity index is 354. The Hall–Kier alpha value is 0.1000. The third-order valence-corrected chi connectivity index (χ3v) is 5.63. The van der Waals surface area contributed by atoms with Crippen LogP contribution in [-0.2, 0) is 6.42 Å². The van der Waals surface area contributed by atoms with Crippen molar-refractivity contribution in [3.8, 4) is 0 Å². The molecule has 0 radical (unpaired) electrons. The Kier molecular flexibility index (Phi) is 4.64. The molecule has 0 aliphatic heterocycles. The first kappa shape index (κ1) is 13.5. The van der Waals surface area contributed by atoms with Crippen LogP contribution in [0.4, 0.5) is 0 Å². The highest BCUT2D eigenvalue weighted by Gasteiger charge is 2.39. The summed E-state index contributed by atoms with van der Waals surface area (Å²) in [6.45, 7) is 0.174. The number of aliphatic hydroxyl groups is 2. The second kappa shape index (κ2) is 5.83.